The predicted octanol–water partition coefficient (Wildman–Crippen LogP) is 1.50. The molecular weight excluding hydrogens is 386 g/mol. The number of thiazole rings is 1. The summed E-state index contributed by atoms with van der Waals surface area (Å²) in [6.07, 6.45) is 1.78. The number of benzene rings is 1. The van der Waals surface area contributed by atoms with Crippen LogP contribution in [0.25, 0.3) is 0 Å². The van der Waals surface area contributed by atoms with Gasteiger partial charge < -0.3 is 9.30 Å². The fourth-order valence-corrected chi connectivity index (χ4v) is 4.98. The van der Waals surface area contributed by atoms with E-state index in [1.165, 1.54) is 33.8 Å². The first kappa shape index (κ1) is 18.3. The first-order valence-electron chi connectivity index (χ1n) is 7.46. The highest BCUT2D eigenvalue weighted by Crippen LogP contribution is 2.26. The van der Waals surface area contributed by atoms with Crippen LogP contribution >= 0.6 is 22.9 Å². The van der Waals surface area contributed by atoms with Crippen molar-refractivity contribution in [1.82, 2.24) is 8.87 Å². The number of hydrogen-bond donors (Lipinski definition) is 0. The van der Waals surface area contributed by atoms with Crippen molar-refractivity contribution in [2.75, 3.05) is 26.3 Å². The van der Waals surface area contributed by atoms with E-state index < -0.39 is 15.9 Å². The van der Waals surface area contributed by atoms with Crippen LogP contribution in [0.3, 0.4) is 0 Å². The molecule has 10 heteroatoms. The Labute approximate surface area is 154 Å². The van der Waals surface area contributed by atoms with Crippen LogP contribution in [0.5, 0.6) is 0 Å². The number of rotatable bonds is 3. The summed E-state index contributed by atoms with van der Waals surface area (Å²) >= 11 is 7.41. The molecule has 0 aliphatic carbocycles. The van der Waals surface area contributed by atoms with Gasteiger partial charge in [-0.05, 0) is 18.2 Å². The van der Waals surface area contributed by atoms with Crippen molar-refractivity contribution in [2.45, 2.75) is 4.90 Å². The second-order valence-electron chi connectivity index (χ2n) is 5.38. The molecule has 2 aromatic rings. The molecule has 1 amide bonds. The summed E-state index contributed by atoms with van der Waals surface area (Å²) in [4.78, 5) is 16.8. The lowest BCUT2D eigenvalue weighted by Gasteiger charge is -2.26. The fourth-order valence-electron chi connectivity index (χ4n) is 2.35. The molecule has 134 valence electrons. The highest BCUT2D eigenvalue weighted by molar-refractivity contribution is 7.89. The number of amides is 1. The lowest BCUT2D eigenvalue weighted by atomic mass is 10.2. The maximum Gasteiger partial charge on any atom is 0.279 e. The molecule has 1 aliphatic heterocycles. The maximum atomic E-state index is 12.8. The number of carbonyl (C=O) groups is 1. The van der Waals surface area contributed by atoms with Gasteiger partial charge in [0.15, 0.2) is 4.80 Å². The van der Waals surface area contributed by atoms with Crippen LogP contribution in [0.1, 0.15) is 10.4 Å². The van der Waals surface area contributed by atoms with Gasteiger partial charge in [-0.15, -0.1) is 11.3 Å². The average molecular weight is 402 g/mol. The van der Waals surface area contributed by atoms with E-state index in [0.29, 0.717) is 18.0 Å². The van der Waals surface area contributed by atoms with E-state index in [1.807, 2.05) is 5.38 Å². The summed E-state index contributed by atoms with van der Waals surface area (Å²) in [7, 11) is -2.02. The van der Waals surface area contributed by atoms with E-state index in [4.69, 9.17) is 16.3 Å². The fraction of sp³-hybridized carbons (Fsp3) is 0.333. The first-order chi connectivity index (χ1) is 11.9. The van der Waals surface area contributed by atoms with Gasteiger partial charge >= 0.3 is 0 Å². The van der Waals surface area contributed by atoms with Crippen molar-refractivity contribution >= 4 is 38.9 Å². The average Bonchev–Trinajstić information content (AvgIpc) is 3.00. The van der Waals surface area contributed by atoms with Crippen LogP contribution in [0.4, 0.5) is 0 Å². The molecule has 1 aliphatic rings. The van der Waals surface area contributed by atoms with Crippen LogP contribution in [-0.4, -0.2) is 49.5 Å². The molecule has 0 spiro atoms. The third kappa shape index (κ3) is 3.85. The molecule has 1 saturated heterocycles. The molecule has 0 unspecified atom stereocenters. The minimum atomic E-state index is -3.79. The molecular formula is C15H16ClN3O4S2. The quantitative estimate of drug-likeness (QED) is 0.780. The molecule has 1 aromatic carbocycles. The summed E-state index contributed by atoms with van der Waals surface area (Å²) in [5, 5.41) is 1.88. The summed E-state index contributed by atoms with van der Waals surface area (Å²) in [5.74, 6) is -0.520. The van der Waals surface area contributed by atoms with Crippen molar-refractivity contribution in [3.63, 3.8) is 0 Å². The van der Waals surface area contributed by atoms with Gasteiger partial charge in [-0.2, -0.15) is 9.30 Å². The van der Waals surface area contributed by atoms with Gasteiger partial charge in [0.25, 0.3) is 5.91 Å². The van der Waals surface area contributed by atoms with Gasteiger partial charge in [-0.25, -0.2) is 8.42 Å². The zero-order valence-electron chi connectivity index (χ0n) is 13.4. The summed E-state index contributed by atoms with van der Waals surface area (Å²) in [5.41, 5.74) is 0.171. The van der Waals surface area contributed by atoms with E-state index in [2.05, 4.69) is 4.99 Å². The second kappa shape index (κ2) is 7.38. The van der Waals surface area contributed by atoms with Crippen molar-refractivity contribution in [3.05, 3.63) is 45.2 Å². The number of ether oxygens (including phenoxy) is 1. The topological polar surface area (TPSA) is 81.0 Å². The Morgan fingerprint density at radius 1 is 1.32 bits per heavy atom. The summed E-state index contributed by atoms with van der Waals surface area (Å²) < 4.78 is 33.8. The number of carbonyl (C=O) groups excluding carboxylic acids is 1. The molecule has 25 heavy (non-hydrogen) atoms. The molecule has 1 aromatic heterocycles. The third-order valence-electron chi connectivity index (χ3n) is 3.72. The van der Waals surface area contributed by atoms with Crippen LogP contribution in [-0.2, 0) is 21.8 Å². The lowest BCUT2D eigenvalue weighted by Crippen LogP contribution is -2.40. The highest BCUT2D eigenvalue weighted by atomic mass is 35.5. The van der Waals surface area contributed by atoms with Crippen molar-refractivity contribution in [2.24, 2.45) is 12.0 Å². The Hall–Kier alpha value is -1.52. The summed E-state index contributed by atoms with van der Waals surface area (Å²) in [6, 6.07) is 4.17. The standard InChI is InChI=1S/C15H16ClN3O4S2/c1-18-6-9-24-15(18)17-14(20)11-2-3-12(16)13(10-11)25(21,22)19-4-7-23-8-5-19/h2-3,6,9-10H,4-5,7-8H2,1H3. The van der Waals surface area contributed by atoms with Gasteiger partial charge in [0.05, 0.1) is 18.2 Å². The van der Waals surface area contributed by atoms with Crippen LogP contribution in [0, 0.1) is 0 Å². The Bertz CT molecular complexity index is 959. The van der Waals surface area contributed by atoms with Crippen LogP contribution < -0.4 is 4.80 Å². The number of sulfonamides is 1. The predicted molar refractivity (Wildman–Crippen MR) is 94.2 cm³/mol. The van der Waals surface area contributed by atoms with Crippen LogP contribution in [0.15, 0.2) is 39.7 Å². The van der Waals surface area contributed by atoms with E-state index in [9.17, 15) is 13.2 Å². The van der Waals surface area contributed by atoms with Gasteiger partial charge in [-0.3, -0.25) is 4.79 Å². The third-order valence-corrected chi connectivity index (χ3v) is 6.95. The molecule has 7 nitrogen and oxygen atoms in total. The molecule has 0 atom stereocenters. The van der Waals surface area contributed by atoms with Gasteiger partial charge in [-0.1, -0.05) is 11.6 Å². The number of nitrogens with zero attached hydrogens (tertiary/aromatic N) is 3. The number of aryl methyl sites for hydroxylation is 1. The maximum absolute atomic E-state index is 12.8. The number of halogens is 1. The van der Waals surface area contributed by atoms with Gasteiger partial charge in [0, 0.05) is 37.3 Å². The number of morpholine rings is 1. The lowest BCUT2D eigenvalue weighted by molar-refractivity contribution is 0.0730. The van der Waals surface area contributed by atoms with E-state index in [0.717, 1.165) is 0 Å². The largest absolute Gasteiger partial charge is 0.379 e. The first-order valence-corrected chi connectivity index (χ1v) is 10.2. The minimum absolute atomic E-state index is 0.0738. The normalized spacial score (nSPS) is 17.0. The molecule has 1 fully saturated rings. The molecule has 2 heterocycles. The Morgan fingerprint density at radius 3 is 2.68 bits per heavy atom. The SMILES string of the molecule is Cn1ccsc1=NC(=O)c1ccc(Cl)c(S(=O)(=O)N2CCOCC2)c1. The van der Waals surface area contributed by atoms with E-state index in [1.54, 1.807) is 17.8 Å². The Kier molecular flexibility index (Phi) is 5.40. The van der Waals surface area contributed by atoms with Crippen LogP contribution in [0.2, 0.25) is 5.02 Å². The van der Waals surface area contributed by atoms with Crippen molar-refractivity contribution < 1.29 is 17.9 Å². The summed E-state index contributed by atoms with van der Waals surface area (Å²) in [6.45, 7) is 1.18. The smallest absolute Gasteiger partial charge is 0.279 e. The van der Waals surface area contributed by atoms with Gasteiger partial charge in [0.2, 0.25) is 10.0 Å². The zero-order valence-corrected chi connectivity index (χ0v) is 15.8. The van der Waals surface area contributed by atoms with E-state index in [-0.39, 0.29) is 28.6 Å². The number of aromatic nitrogens is 1. The van der Waals surface area contributed by atoms with E-state index >= 15 is 0 Å². The molecule has 3 rings (SSSR count). The Balaban J connectivity index is 1.98. The number of hydrogen-bond acceptors (Lipinski definition) is 5. The van der Waals surface area contributed by atoms with Crippen molar-refractivity contribution in [1.29, 1.82) is 0 Å². The molecule has 0 radical (unpaired) electrons. The zero-order chi connectivity index (χ0) is 18.0. The molecule has 0 bridgehead atoms. The minimum Gasteiger partial charge on any atom is -0.379 e. The molecule has 0 saturated carbocycles. The monoisotopic (exact) mass is 401 g/mol. The van der Waals surface area contributed by atoms with Gasteiger partial charge in [0.1, 0.15) is 4.90 Å². The highest BCUT2D eigenvalue weighted by Gasteiger charge is 2.29. The molecule has 0 N–H and O–H groups in total. The van der Waals surface area contributed by atoms with Crippen molar-refractivity contribution in [3.8, 4) is 0 Å². The second-order valence-corrected chi connectivity index (χ2v) is 8.56. The Morgan fingerprint density at radius 2 is 2.04 bits per heavy atom.